The summed E-state index contributed by atoms with van der Waals surface area (Å²) in [6.45, 7) is 8.89. The fourth-order valence-electron chi connectivity index (χ4n) is 11.7. The molecule has 0 N–H and O–H groups in total. The Bertz CT molecular complexity index is 3660. The van der Waals surface area contributed by atoms with Gasteiger partial charge in [-0.25, -0.2) is 0 Å². The van der Waals surface area contributed by atoms with Crippen molar-refractivity contribution in [2.45, 2.75) is 27.7 Å². The fourth-order valence-corrected chi connectivity index (χ4v) is 11.7. The second-order valence-electron chi connectivity index (χ2n) is 18.5. The van der Waals surface area contributed by atoms with Gasteiger partial charge in [0.25, 0.3) is 0 Å². The van der Waals surface area contributed by atoms with Gasteiger partial charge in [-0.15, -0.1) is 0 Å². The molecular formula is C66H48N2. The SMILES string of the molecule is Cc1ccccc1N(c1ccccc1C)c1ccc2c3c(-c4ccccc4)c4c5ccc(N(c6ccccc6C)c6ccccc6C)c6cccc(c4c(-c4ccccc4)c3c3cccc1c32)c65. The maximum Gasteiger partial charge on any atom is 0.0540 e. The summed E-state index contributed by atoms with van der Waals surface area (Å²) < 4.78 is 0. The molecule has 0 aliphatic carbocycles. The van der Waals surface area contributed by atoms with Crippen LogP contribution in [0.4, 0.5) is 34.1 Å². The van der Waals surface area contributed by atoms with Gasteiger partial charge < -0.3 is 9.80 Å². The molecule has 0 radical (unpaired) electrons. The number of hydrogen-bond donors (Lipinski definition) is 0. The van der Waals surface area contributed by atoms with E-state index in [1.807, 2.05) is 0 Å². The predicted molar refractivity (Wildman–Crippen MR) is 293 cm³/mol. The van der Waals surface area contributed by atoms with E-state index in [0.29, 0.717) is 0 Å². The van der Waals surface area contributed by atoms with E-state index in [0.717, 1.165) is 0 Å². The van der Waals surface area contributed by atoms with Gasteiger partial charge in [0.1, 0.15) is 0 Å². The van der Waals surface area contributed by atoms with Crippen molar-refractivity contribution < 1.29 is 0 Å². The molecule has 0 aliphatic heterocycles. The molecule has 0 spiro atoms. The van der Waals surface area contributed by atoms with Crippen LogP contribution >= 0.6 is 0 Å². The fraction of sp³-hybridized carbons (Fsp3) is 0.0606. The van der Waals surface area contributed by atoms with Gasteiger partial charge in [-0.05, 0) is 162 Å². The Kier molecular flexibility index (Phi) is 9.13. The summed E-state index contributed by atoms with van der Waals surface area (Å²) in [5.41, 5.74) is 17.0. The number of rotatable bonds is 8. The Morgan fingerprint density at radius 3 is 0.809 bits per heavy atom. The lowest BCUT2D eigenvalue weighted by Crippen LogP contribution is -2.13. The van der Waals surface area contributed by atoms with Gasteiger partial charge in [-0.2, -0.15) is 0 Å². The number of aryl methyl sites for hydroxylation is 4. The summed E-state index contributed by atoms with van der Waals surface area (Å²) >= 11 is 0. The van der Waals surface area contributed by atoms with Crippen LogP contribution in [-0.2, 0) is 0 Å². The van der Waals surface area contributed by atoms with E-state index in [4.69, 9.17) is 0 Å². The third-order valence-electron chi connectivity index (χ3n) is 14.6. The van der Waals surface area contributed by atoms with Gasteiger partial charge >= 0.3 is 0 Å². The van der Waals surface area contributed by atoms with E-state index in [1.54, 1.807) is 0 Å². The van der Waals surface area contributed by atoms with Crippen molar-refractivity contribution in [1.29, 1.82) is 0 Å². The number of benzene rings is 11. The highest BCUT2D eigenvalue weighted by Gasteiger charge is 2.30. The highest BCUT2D eigenvalue weighted by molar-refractivity contribution is 6.47. The minimum Gasteiger partial charge on any atom is -0.309 e. The molecule has 0 amide bonds. The molecule has 68 heavy (non-hydrogen) atoms. The first kappa shape index (κ1) is 39.9. The van der Waals surface area contributed by atoms with Crippen LogP contribution in [0.5, 0.6) is 0 Å². The molecule has 0 saturated carbocycles. The van der Waals surface area contributed by atoms with Crippen LogP contribution in [0, 0.1) is 27.7 Å². The largest absolute Gasteiger partial charge is 0.309 e. The van der Waals surface area contributed by atoms with E-state index in [2.05, 4.69) is 256 Å². The Labute approximate surface area is 397 Å². The van der Waals surface area contributed by atoms with Gasteiger partial charge in [0.15, 0.2) is 0 Å². The van der Waals surface area contributed by atoms with Crippen LogP contribution < -0.4 is 9.80 Å². The molecule has 0 aromatic heterocycles. The zero-order valence-electron chi connectivity index (χ0n) is 38.7. The molecule has 2 heteroatoms. The summed E-state index contributed by atoms with van der Waals surface area (Å²) in [4.78, 5) is 4.97. The van der Waals surface area contributed by atoms with Crippen molar-refractivity contribution in [2.24, 2.45) is 0 Å². The molecule has 0 bridgehead atoms. The lowest BCUT2D eigenvalue weighted by molar-refractivity contribution is 1.24. The van der Waals surface area contributed by atoms with E-state index in [9.17, 15) is 0 Å². The molecule has 0 saturated heterocycles. The third-order valence-corrected chi connectivity index (χ3v) is 14.6. The zero-order chi connectivity index (χ0) is 45.6. The Morgan fingerprint density at radius 2 is 0.485 bits per heavy atom. The molecule has 2 nitrogen and oxygen atoms in total. The van der Waals surface area contributed by atoms with E-state index >= 15 is 0 Å². The summed E-state index contributed by atoms with van der Waals surface area (Å²) in [7, 11) is 0. The summed E-state index contributed by atoms with van der Waals surface area (Å²) in [5, 5.41) is 15.4. The van der Waals surface area contributed by atoms with Gasteiger partial charge in [-0.1, -0.05) is 182 Å². The number of hydrogen-bond acceptors (Lipinski definition) is 2. The van der Waals surface area contributed by atoms with Crippen LogP contribution in [0.3, 0.4) is 0 Å². The Hall–Kier alpha value is -8.46. The van der Waals surface area contributed by atoms with E-state index in [-0.39, 0.29) is 0 Å². The molecule has 13 rings (SSSR count). The normalized spacial score (nSPS) is 11.8. The molecule has 0 atom stereocenters. The second kappa shape index (κ2) is 15.6. The van der Waals surface area contributed by atoms with Gasteiger partial charge in [-0.3, -0.25) is 0 Å². The van der Waals surface area contributed by atoms with Crippen LogP contribution in [0.15, 0.2) is 218 Å². The average molecular weight is 869 g/mol. The van der Waals surface area contributed by atoms with E-state index in [1.165, 1.54) is 143 Å². The van der Waals surface area contributed by atoms with Gasteiger partial charge in [0.05, 0.1) is 11.4 Å². The summed E-state index contributed by atoms with van der Waals surface area (Å²) in [6, 6.07) is 81.1. The number of anilines is 6. The standard InChI is InChI=1S/C66H48N2/c1-41-21-11-15-33-53(41)67(54-34-16-12-22-42(54)2)57-39-37-51-61-47(57)29-19-31-49(61)63-59(45-25-7-5-8-26-45)64-50-32-20-30-48-58(68(55-35-17-13-23-43(55)3)56-36-18-14-24-44(56)4)40-38-52(62(48)50)66(64)60(65(51)63)46-27-9-6-10-28-46/h5-40H,1-4H3. The average Bonchev–Trinajstić information content (AvgIpc) is 3.89. The first-order chi connectivity index (χ1) is 33.5. The number of fused-ring (bicyclic) bond motifs is 6. The van der Waals surface area contributed by atoms with Crippen molar-refractivity contribution in [3.8, 4) is 22.3 Å². The monoisotopic (exact) mass is 868 g/mol. The van der Waals surface area contributed by atoms with Gasteiger partial charge in [0, 0.05) is 33.5 Å². The van der Waals surface area contributed by atoms with Crippen LogP contribution in [-0.4, -0.2) is 0 Å². The van der Waals surface area contributed by atoms with Crippen molar-refractivity contribution in [3.63, 3.8) is 0 Å². The number of para-hydroxylation sites is 4. The molecule has 322 valence electrons. The zero-order valence-corrected chi connectivity index (χ0v) is 38.7. The minimum atomic E-state index is 1.17. The molecular weight excluding hydrogens is 821 g/mol. The van der Waals surface area contributed by atoms with Crippen molar-refractivity contribution in [2.75, 3.05) is 9.80 Å². The highest BCUT2D eigenvalue weighted by Crippen LogP contribution is 2.58. The van der Waals surface area contributed by atoms with Gasteiger partial charge in [0.2, 0.25) is 0 Å². The smallest absolute Gasteiger partial charge is 0.0540 e. The van der Waals surface area contributed by atoms with Crippen molar-refractivity contribution in [1.82, 2.24) is 0 Å². The summed E-state index contributed by atoms with van der Waals surface area (Å²) in [6.07, 6.45) is 0. The quantitative estimate of drug-likeness (QED) is 0.150. The molecule has 0 unspecified atom stereocenters. The first-order valence-corrected chi connectivity index (χ1v) is 23.8. The maximum atomic E-state index is 2.48. The van der Waals surface area contributed by atoms with Crippen LogP contribution in [0.1, 0.15) is 22.3 Å². The van der Waals surface area contributed by atoms with E-state index < -0.39 is 0 Å². The Balaban J connectivity index is 1.21. The Morgan fingerprint density at radius 1 is 0.206 bits per heavy atom. The first-order valence-electron chi connectivity index (χ1n) is 23.8. The van der Waals surface area contributed by atoms with Crippen LogP contribution in [0.25, 0.3) is 86.9 Å². The topological polar surface area (TPSA) is 6.48 Å². The third kappa shape index (κ3) is 5.84. The lowest BCUT2D eigenvalue weighted by Gasteiger charge is -2.29. The molecule has 13 aromatic carbocycles. The lowest BCUT2D eigenvalue weighted by atomic mass is 9.87. The molecule has 0 aliphatic rings. The second-order valence-corrected chi connectivity index (χ2v) is 18.5. The molecule has 0 fully saturated rings. The highest BCUT2D eigenvalue weighted by atomic mass is 15.2. The summed E-state index contributed by atoms with van der Waals surface area (Å²) in [5.74, 6) is 0. The number of nitrogens with zero attached hydrogens (tertiary/aromatic N) is 2. The predicted octanol–water partition coefficient (Wildman–Crippen LogP) is 19.0. The minimum absolute atomic E-state index is 1.17. The van der Waals surface area contributed by atoms with Crippen molar-refractivity contribution in [3.05, 3.63) is 241 Å². The molecule has 13 aromatic rings. The molecule has 0 heterocycles. The van der Waals surface area contributed by atoms with Crippen LogP contribution in [0.2, 0.25) is 0 Å². The maximum absolute atomic E-state index is 2.48. The van der Waals surface area contributed by atoms with Crippen molar-refractivity contribution >= 4 is 98.8 Å².